The summed E-state index contributed by atoms with van der Waals surface area (Å²) < 4.78 is 16.0. The number of rotatable bonds is 8. The molecule has 8 heteroatoms. The van der Waals surface area contributed by atoms with E-state index in [9.17, 15) is 0 Å². The van der Waals surface area contributed by atoms with Crippen LogP contribution in [0, 0.1) is 6.92 Å². The lowest BCUT2D eigenvalue weighted by Crippen LogP contribution is -2.46. The summed E-state index contributed by atoms with van der Waals surface area (Å²) in [5, 5.41) is 3.30. The Morgan fingerprint density at radius 1 is 1.07 bits per heavy atom. The summed E-state index contributed by atoms with van der Waals surface area (Å²) in [5.41, 5.74) is 2.23. The van der Waals surface area contributed by atoms with Crippen molar-refractivity contribution in [3.63, 3.8) is 0 Å². The van der Waals surface area contributed by atoms with Gasteiger partial charge in [0.1, 0.15) is 5.82 Å². The molecule has 2 aromatic rings. The van der Waals surface area contributed by atoms with Gasteiger partial charge in [0.05, 0.1) is 0 Å². The highest BCUT2D eigenvalue weighted by Gasteiger charge is 2.20. The minimum absolute atomic E-state index is 0.318. The number of fused-ring (bicyclic) bond motifs is 1. The second-order valence-electron chi connectivity index (χ2n) is 7.42. The number of ether oxygens (including phenoxy) is 3. The van der Waals surface area contributed by atoms with E-state index in [4.69, 9.17) is 19.2 Å². The van der Waals surface area contributed by atoms with Crippen LogP contribution in [0.15, 0.2) is 24.3 Å². The second kappa shape index (κ2) is 9.28. The van der Waals surface area contributed by atoms with E-state index in [2.05, 4.69) is 38.3 Å². The molecule has 8 nitrogen and oxygen atoms in total. The maximum atomic E-state index is 5.49. The average molecular weight is 399 g/mol. The van der Waals surface area contributed by atoms with Crippen molar-refractivity contribution in [1.29, 1.82) is 0 Å². The van der Waals surface area contributed by atoms with Gasteiger partial charge in [-0.3, -0.25) is 4.90 Å². The van der Waals surface area contributed by atoms with Crippen LogP contribution < -0.4 is 19.7 Å². The van der Waals surface area contributed by atoms with Crippen molar-refractivity contribution >= 4 is 11.8 Å². The Labute approximate surface area is 171 Å². The quantitative estimate of drug-likeness (QED) is 0.678. The van der Waals surface area contributed by atoms with Gasteiger partial charge in [-0.25, -0.2) is 4.98 Å². The molecule has 0 unspecified atom stereocenters. The van der Waals surface area contributed by atoms with Gasteiger partial charge in [0.25, 0.3) is 0 Å². The molecule has 0 atom stereocenters. The lowest BCUT2D eigenvalue weighted by atomic mass is 10.1. The van der Waals surface area contributed by atoms with Crippen LogP contribution in [0.2, 0.25) is 0 Å². The van der Waals surface area contributed by atoms with Gasteiger partial charge in [-0.15, -0.1) is 0 Å². The molecule has 2 aliphatic heterocycles. The maximum absolute atomic E-state index is 5.49. The molecule has 156 valence electrons. The van der Waals surface area contributed by atoms with E-state index in [1.807, 2.05) is 13.0 Å². The van der Waals surface area contributed by atoms with Crippen molar-refractivity contribution in [1.82, 2.24) is 14.9 Å². The van der Waals surface area contributed by atoms with Gasteiger partial charge < -0.3 is 24.4 Å². The summed E-state index contributed by atoms with van der Waals surface area (Å²) in [6, 6.07) is 8.27. The van der Waals surface area contributed by atoms with E-state index in [1.165, 1.54) is 5.56 Å². The molecule has 0 saturated carbocycles. The van der Waals surface area contributed by atoms with Crippen LogP contribution in [-0.4, -0.2) is 68.1 Å². The average Bonchev–Trinajstić information content (AvgIpc) is 3.19. The number of hydrogen-bond donors (Lipinski definition) is 1. The van der Waals surface area contributed by atoms with Crippen molar-refractivity contribution in [3.8, 4) is 11.5 Å². The molecule has 0 radical (unpaired) electrons. The third-order valence-electron chi connectivity index (χ3n) is 5.19. The fourth-order valence-corrected chi connectivity index (χ4v) is 3.64. The molecule has 4 rings (SSSR count). The molecule has 1 N–H and O–H groups in total. The molecule has 1 aromatic heterocycles. The Bertz CT molecular complexity index is 824. The molecule has 0 aliphatic carbocycles. The number of hydrogen-bond acceptors (Lipinski definition) is 8. The SMILES string of the molecule is COCCCNc1nc(C)cc(N2CCN(Cc3ccc4c(c3)OCO4)CC2)n1. The van der Waals surface area contributed by atoms with Gasteiger partial charge >= 0.3 is 0 Å². The van der Waals surface area contributed by atoms with E-state index in [1.54, 1.807) is 7.11 Å². The highest BCUT2D eigenvalue weighted by atomic mass is 16.7. The summed E-state index contributed by atoms with van der Waals surface area (Å²) in [7, 11) is 1.72. The van der Waals surface area contributed by atoms with Gasteiger partial charge in [-0.1, -0.05) is 6.07 Å². The number of aromatic nitrogens is 2. The Kier molecular flexibility index (Phi) is 6.31. The summed E-state index contributed by atoms with van der Waals surface area (Å²) in [5.74, 6) is 3.38. The zero-order valence-electron chi connectivity index (χ0n) is 17.2. The van der Waals surface area contributed by atoms with E-state index in [0.717, 1.165) is 75.3 Å². The number of nitrogens with zero attached hydrogens (tertiary/aromatic N) is 4. The van der Waals surface area contributed by atoms with Crippen molar-refractivity contribution in [2.45, 2.75) is 19.9 Å². The standard InChI is InChI=1S/C21H29N5O3/c1-16-12-20(24-21(23-16)22-6-3-11-27-2)26-9-7-25(8-10-26)14-17-4-5-18-19(13-17)29-15-28-18/h4-5,12-13H,3,6-11,14-15H2,1-2H3,(H,22,23,24). The minimum Gasteiger partial charge on any atom is -0.454 e. The smallest absolute Gasteiger partial charge is 0.231 e. The van der Waals surface area contributed by atoms with Gasteiger partial charge in [0, 0.05) is 64.7 Å². The summed E-state index contributed by atoms with van der Waals surface area (Å²) in [6.45, 7) is 8.67. The molecule has 29 heavy (non-hydrogen) atoms. The highest BCUT2D eigenvalue weighted by molar-refractivity contribution is 5.46. The number of anilines is 2. The summed E-state index contributed by atoms with van der Waals surface area (Å²) in [4.78, 5) is 14.0. The molecule has 0 bridgehead atoms. The highest BCUT2D eigenvalue weighted by Crippen LogP contribution is 2.33. The number of aryl methyl sites for hydroxylation is 1. The Morgan fingerprint density at radius 3 is 2.72 bits per heavy atom. The fraction of sp³-hybridized carbons (Fsp3) is 0.524. The van der Waals surface area contributed by atoms with Crippen LogP contribution in [0.25, 0.3) is 0 Å². The Hall–Kier alpha value is -2.58. The molecule has 0 amide bonds. The lowest BCUT2D eigenvalue weighted by molar-refractivity contribution is 0.174. The summed E-state index contributed by atoms with van der Waals surface area (Å²) >= 11 is 0. The first kappa shape index (κ1) is 19.7. The second-order valence-corrected chi connectivity index (χ2v) is 7.42. The fourth-order valence-electron chi connectivity index (χ4n) is 3.64. The summed E-state index contributed by atoms with van der Waals surface area (Å²) in [6.07, 6.45) is 0.932. The van der Waals surface area contributed by atoms with E-state index in [-0.39, 0.29) is 0 Å². The molecule has 3 heterocycles. The third-order valence-corrected chi connectivity index (χ3v) is 5.19. The molecule has 1 saturated heterocycles. The van der Waals surface area contributed by atoms with Crippen molar-refractivity contribution in [2.24, 2.45) is 0 Å². The maximum Gasteiger partial charge on any atom is 0.231 e. The zero-order valence-corrected chi connectivity index (χ0v) is 17.2. The molecule has 1 fully saturated rings. The zero-order chi connectivity index (χ0) is 20.1. The van der Waals surface area contributed by atoms with Crippen molar-refractivity contribution in [3.05, 3.63) is 35.5 Å². The van der Waals surface area contributed by atoms with Gasteiger partial charge in [-0.05, 0) is 31.0 Å². The van der Waals surface area contributed by atoms with Crippen LogP contribution in [0.4, 0.5) is 11.8 Å². The number of methoxy groups -OCH3 is 1. The van der Waals surface area contributed by atoms with Crippen LogP contribution in [0.1, 0.15) is 17.7 Å². The van der Waals surface area contributed by atoms with Crippen molar-refractivity contribution in [2.75, 3.05) is 63.5 Å². The predicted molar refractivity (Wildman–Crippen MR) is 112 cm³/mol. The number of piperazine rings is 1. The van der Waals surface area contributed by atoms with Gasteiger partial charge in [0.15, 0.2) is 11.5 Å². The van der Waals surface area contributed by atoms with E-state index < -0.39 is 0 Å². The normalized spacial score (nSPS) is 16.3. The first-order valence-electron chi connectivity index (χ1n) is 10.2. The Balaban J connectivity index is 1.31. The molecular weight excluding hydrogens is 370 g/mol. The van der Waals surface area contributed by atoms with Crippen LogP contribution in [0.5, 0.6) is 11.5 Å². The molecular formula is C21H29N5O3. The minimum atomic E-state index is 0.318. The number of nitrogens with one attached hydrogen (secondary N) is 1. The molecule has 1 aromatic carbocycles. The predicted octanol–water partition coefficient (Wildman–Crippen LogP) is 2.28. The molecule has 0 spiro atoms. The third kappa shape index (κ3) is 5.07. The topological polar surface area (TPSA) is 72.0 Å². The van der Waals surface area contributed by atoms with Crippen LogP contribution >= 0.6 is 0 Å². The van der Waals surface area contributed by atoms with Gasteiger partial charge in [-0.2, -0.15) is 4.98 Å². The van der Waals surface area contributed by atoms with Gasteiger partial charge in [0.2, 0.25) is 12.7 Å². The first-order valence-corrected chi connectivity index (χ1v) is 10.2. The monoisotopic (exact) mass is 399 g/mol. The Morgan fingerprint density at radius 2 is 1.90 bits per heavy atom. The van der Waals surface area contributed by atoms with E-state index in [0.29, 0.717) is 12.7 Å². The van der Waals surface area contributed by atoms with E-state index >= 15 is 0 Å². The van der Waals surface area contributed by atoms with Crippen molar-refractivity contribution < 1.29 is 14.2 Å². The largest absolute Gasteiger partial charge is 0.454 e. The van der Waals surface area contributed by atoms with Crippen LogP contribution in [-0.2, 0) is 11.3 Å². The number of benzene rings is 1. The molecule has 2 aliphatic rings. The lowest BCUT2D eigenvalue weighted by Gasteiger charge is -2.35. The van der Waals surface area contributed by atoms with Crippen LogP contribution in [0.3, 0.4) is 0 Å². The first-order chi connectivity index (χ1) is 14.2.